The molecule has 0 aromatic rings. The van der Waals surface area contributed by atoms with E-state index in [1.54, 1.807) is 0 Å². The number of hydrogen-bond donors (Lipinski definition) is 0. The van der Waals surface area contributed by atoms with Gasteiger partial charge in [0.15, 0.2) is 6.10 Å². The molecule has 318 valence electrons. The van der Waals surface area contributed by atoms with E-state index in [4.69, 9.17) is 14.2 Å². The van der Waals surface area contributed by atoms with Gasteiger partial charge in [0.05, 0.1) is 0 Å². The fraction of sp³-hybridized carbons (Fsp3) is 0.660. The second kappa shape index (κ2) is 44.3. The van der Waals surface area contributed by atoms with Gasteiger partial charge < -0.3 is 14.2 Å². The van der Waals surface area contributed by atoms with Gasteiger partial charge in [-0.2, -0.15) is 0 Å². The lowest BCUT2D eigenvalue weighted by atomic mass is 10.1. The Bertz CT molecular complexity index is 1120. The largest absolute Gasteiger partial charge is 0.462 e. The first-order valence-corrected chi connectivity index (χ1v) is 22.6. The van der Waals surface area contributed by atoms with Crippen molar-refractivity contribution in [3.8, 4) is 0 Å². The lowest BCUT2D eigenvalue weighted by Gasteiger charge is -2.18. The predicted octanol–water partition coefficient (Wildman–Crippen LogP) is 14.5. The molecule has 0 bridgehead atoms. The summed E-state index contributed by atoms with van der Waals surface area (Å²) in [4.78, 5) is 37.7. The topological polar surface area (TPSA) is 78.9 Å². The van der Waals surface area contributed by atoms with E-state index >= 15 is 0 Å². The first-order chi connectivity index (χ1) is 27.5. The maximum atomic E-state index is 12.7. The van der Waals surface area contributed by atoms with Crippen molar-refractivity contribution < 1.29 is 28.6 Å². The van der Waals surface area contributed by atoms with Crippen LogP contribution in [-0.4, -0.2) is 37.2 Å². The Morgan fingerprint density at radius 3 is 1.27 bits per heavy atom. The molecule has 0 aliphatic carbocycles. The zero-order valence-electron chi connectivity index (χ0n) is 36.1. The third-order valence-corrected chi connectivity index (χ3v) is 9.14. The highest BCUT2D eigenvalue weighted by atomic mass is 16.6. The molecule has 0 spiro atoms. The van der Waals surface area contributed by atoms with Crippen LogP contribution in [0.25, 0.3) is 0 Å². The van der Waals surface area contributed by atoms with Gasteiger partial charge in [-0.1, -0.05) is 164 Å². The fourth-order valence-corrected chi connectivity index (χ4v) is 5.79. The summed E-state index contributed by atoms with van der Waals surface area (Å²) in [7, 11) is 0. The van der Waals surface area contributed by atoms with Gasteiger partial charge >= 0.3 is 17.9 Å². The SMILES string of the molecule is CC/C=C\C/C=C\C/C=C\CCCC(=O)OCC(COC(=O)CCCCCCCC/C=C\C=C/CCCCC)OC(=O)CCCCCCC/C=C\C/C=C\CC. The monoisotopic (exact) mass is 779 g/mol. The Balaban J connectivity index is 4.48. The molecule has 0 saturated heterocycles. The number of ether oxygens (including phenoxy) is 3. The van der Waals surface area contributed by atoms with Crippen LogP contribution in [0, 0.1) is 0 Å². The van der Waals surface area contributed by atoms with Crippen molar-refractivity contribution in [2.24, 2.45) is 0 Å². The Hall–Kier alpha value is -3.41. The highest BCUT2D eigenvalue weighted by Gasteiger charge is 2.19. The predicted molar refractivity (Wildman–Crippen MR) is 237 cm³/mol. The number of allylic oxidation sites excluding steroid dienone is 14. The minimum atomic E-state index is -0.807. The van der Waals surface area contributed by atoms with E-state index in [2.05, 4.69) is 106 Å². The van der Waals surface area contributed by atoms with Crippen molar-refractivity contribution >= 4 is 17.9 Å². The van der Waals surface area contributed by atoms with Crippen LogP contribution in [-0.2, 0) is 28.6 Å². The Labute approximate surface area is 344 Å². The minimum Gasteiger partial charge on any atom is -0.462 e. The number of esters is 3. The van der Waals surface area contributed by atoms with Crippen LogP contribution in [0.15, 0.2) is 85.1 Å². The average molecular weight is 779 g/mol. The van der Waals surface area contributed by atoms with Gasteiger partial charge in [-0.05, 0) is 96.3 Å². The molecule has 0 aromatic carbocycles. The Kier molecular flexibility index (Phi) is 41.6. The van der Waals surface area contributed by atoms with Gasteiger partial charge in [0.1, 0.15) is 13.2 Å². The van der Waals surface area contributed by atoms with E-state index in [-0.39, 0.29) is 37.5 Å². The lowest BCUT2D eigenvalue weighted by Crippen LogP contribution is -2.30. The summed E-state index contributed by atoms with van der Waals surface area (Å²) in [5.41, 5.74) is 0. The maximum Gasteiger partial charge on any atom is 0.306 e. The summed E-state index contributed by atoms with van der Waals surface area (Å²) in [6.45, 7) is 6.28. The zero-order valence-corrected chi connectivity index (χ0v) is 36.1. The van der Waals surface area contributed by atoms with Gasteiger partial charge in [0, 0.05) is 19.3 Å². The van der Waals surface area contributed by atoms with Crippen LogP contribution in [0.4, 0.5) is 0 Å². The Morgan fingerprint density at radius 2 is 0.768 bits per heavy atom. The molecule has 6 heteroatoms. The average Bonchev–Trinajstić information content (AvgIpc) is 3.19. The summed E-state index contributed by atoms with van der Waals surface area (Å²) in [6, 6.07) is 0. The molecule has 0 rings (SSSR count). The molecule has 0 fully saturated rings. The molecule has 0 saturated carbocycles. The van der Waals surface area contributed by atoms with Crippen molar-refractivity contribution in [1.29, 1.82) is 0 Å². The van der Waals surface area contributed by atoms with E-state index < -0.39 is 6.10 Å². The molecule has 0 N–H and O–H groups in total. The lowest BCUT2D eigenvalue weighted by molar-refractivity contribution is -0.167. The van der Waals surface area contributed by atoms with Crippen LogP contribution in [0.5, 0.6) is 0 Å². The number of carbonyl (C=O) groups excluding carboxylic acids is 3. The Morgan fingerprint density at radius 1 is 0.393 bits per heavy atom. The van der Waals surface area contributed by atoms with E-state index in [1.165, 1.54) is 44.9 Å². The van der Waals surface area contributed by atoms with Crippen LogP contribution in [0.1, 0.15) is 194 Å². The standard InChI is InChI=1S/C50H82O6/c1-4-7-10-13-16-19-22-24-25-26-29-31-34-37-40-43-49(52)55-46-47(45-54-48(51)42-39-36-33-30-27-21-18-15-12-9-6-3)56-50(53)44-41-38-35-32-28-23-20-17-14-11-8-5-2/h8-9,11-12,16-22,24,30,33,47H,4-7,10,13-15,23,25-29,31-32,34-46H2,1-3H3/b11-8-,12-9-,19-16-,20-17-,21-18-,24-22-,33-30-. The minimum absolute atomic E-state index is 0.106. The molecule has 0 heterocycles. The molecule has 56 heavy (non-hydrogen) atoms. The number of unbranched alkanes of at least 4 members (excludes halogenated alkanes) is 15. The molecule has 6 nitrogen and oxygen atoms in total. The second-order valence-corrected chi connectivity index (χ2v) is 14.6. The van der Waals surface area contributed by atoms with Crippen molar-refractivity contribution in [3.63, 3.8) is 0 Å². The highest BCUT2D eigenvalue weighted by Crippen LogP contribution is 2.12. The number of hydrogen-bond acceptors (Lipinski definition) is 6. The molecular formula is C50H82O6. The van der Waals surface area contributed by atoms with E-state index in [1.807, 2.05) is 0 Å². The van der Waals surface area contributed by atoms with Crippen molar-refractivity contribution in [3.05, 3.63) is 85.1 Å². The van der Waals surface area contributed by atoms with Gasteiger partial charge in [-0.15, -0.1) is 0 Å². The molecular weight excluding hydrogens is 697 g/mol. The summed E-state index contributed by atoms with van der Waals surface area (Å²) in [5.74, 6) is -0.997. The van der Waals surface area contributed by atoms with Crippen LogP contribution in [0.2, 0.25) is 0 Å². The van der Waals surface area contributed by atoms with Crippen molar-refractivity contribution in [1.82, 2.24) is 0 Å². The highest BCUT2D eigenvalue weighted by molar-refractivity contribution is 5.71. The fourth-order valence-electron chi connectivity index (χ4n) is 5.79. The second-order valence-electron chi connectivity index (χ2n) is 14.6. The molecule has 0 aromatic heterocycles. The molecule has 0 aliphatic heterocycles. The van der Waals surface area contributed by atoms with Crippen molar-refractivity contribution in [2.75, 3.05) is 13.2 Å². The molecule has 0 aliphatic rings. The molecule has 1 atom stereocenters. The van der Waals surface area contributed by atoms with Crippen molar-refractivity contribution in [2.45, 2.75) is 200 Å². The van der Waals surface area contributed by atoms with Gasteiger partial charge in [-0.3, -0.25) is 14.4 Å². The quantitative estimate of drug-likeness (QED) is 0.0203. The summed E-state index contributed by atoms with van der Waals surface area (Å²) >= 11 is 0. The first kappa shape index (κ1) is 52.6. The van der Waals surface area contributed by atoms with Gasteiger partial charge in [0.25, 0.3) is 0 Å². The van der Waals surface area contributed by atoms with Crippen LogP contribution >= 0.6 is 0 Å². The third-order valence-electron chi connectivity index (χ3n) is 9.14. The summed E-state index contributed by atoms with van der Waals surface area (Å²) in [6.07, 6.45) is 55.7. The number of rotatable bonds is 39. The molecule has 0 amide bonds. The van der Waals surface area contributed by atoms with Gasteiger partial charge in [0.2, 0.25) is 0 Å². The third kappa shape index (κ3) is 41.7. The van der Waals surface area contributed by atoms with E-state index in [0.717, 1.165) is 103 Å². The first-order valence-electron chi connectivity index (χ1n) is 22.6. The van der Waals surface area contributed by atoms with E-state index in [9.17, 15) is 14.4 Å². The molecule has 1 unspecified atom stereocenters. The summed E-state index contributed by atoms with van der Waals surface area (Å²) < 4.78 is 16.6. The van der Waals surface area contributed by atoms with E-state index in [0.29, 0.717) is 19.3 Å². The zero-order chi connectivity index (χ0) is 40.8. The van der Waals surface area contributed by atoms with Crippen LogP contribution in [0.3, 0.4) is 0 Å². The van der Waals surface area contributed by atoms with Gasteiger partial charge in [-0.25, -0.2) is 0 Å². The maximum absolute atomic E-state index is 12.7. The number of carbonyl (C=O) groups is 3. The molecule has 0 radical (unpaired) electrons. The smallest absolute Gasteiger partial charge is 0.306 e. The van der Waals surface area contributed by atoms with Crippen LogP contribution < -0.4 is 0 Å². The normalized spacial score (nSPS) is 12.8. The summed E-state index contributed by atoms with van der Waals surface area (Å²) in [5, 5.41) is 0.